The van der Waals surface area contributed by atoms with Crippen molar-refractivity contribution in [2.45, 2.75) is 19.3 Å². The number of aromatic nitrogens is 7. The van der Waals surface area contributed by atoms with Gasteiger partial charge in [-0.3, -0.25) is 19.9 Å². The number of rotatable bonds is 6. The molecule has 6 heterocycles. The van der Waals surface area contributed by atoms with Gasteiger partial charge in [-0.25, -0.2) is 14.4 Å². The number of H-pyrrole nitrogens is 2. The topological polar surface area (TPSA) is 134 Å². The molecule has 0 bridgehead atoms. The third-order valence-electron chi connectivity index (χ3n) is 7.37. The van der Waals surface area contributed by atoms with E-state index in [1.165, 1.54) is 12.3 Å². The molecule has 0 spiro atoms. The quantitative estimate of drug-likeness (QED) is 0.246. The van der Waals surface area contributed by atoms with Crippen LogP contribution in [0.1, 0.15) is 19.3 Å². The van der Waals surface area contributed by atoms with Crippen LogP contribution in [0.15, 0.2) is 67.3 Å². The van der Waals surface area contributed by atoms with Gasteiger partial charge in [0.25, 0.3) is 0 Å². The van der Waals surface area contributed by atoms with E-state index in [9.17, 15) is 9.18 Å². The molecule has 0 saturated carbocycles. The van der Waals surface area contributed by atoms with Crippen LogP contribution >= 0.6 is 0 Å². The second-order valence-electron chi connectivity index (χ2n) is 10.1. The van der Waals surface area contributed by atoms with Crippen LogP contribution in [0.25, 0.3) is 56.0 Å². The van der Waals surface area contributed by atoms with Crippen molar-refractivity contribution in [3.63, 3.8) is 0 Å². The molecule has 0 unspecified atom stereocenters. The van der Waals surface area contributed by atoms with Crippen LogP contribution < -0.4 is 10.1 Å². The van der Waals surface area contributed by atoms with Gasteiger partial charge in [0, 0.05) is 41.7 Å². The van der Waals surface area contributed by atoms with E-state index in [0.29, 0.717) is 57.5 Å². The Morgan fingerprint density at radius 3 is 2.76 bits per heavy atom. The Labute approximate surface area is 233 Å². The Bertz CT molecular complexity index is 1890. The molecule has 0 atom stereocenters. The first-order chi connectivity index (χ1) is 20.1. The second kappa shape index (κ2) is 10.5. The Morgan fingerprint density at radius 1 is 1.02 bits per heavy atom. The number of nitrogens with zero attached hydrogens (tertiary/aromatic N) is 5. The summed E-state index contributed by atoms with van der Waals surface area (Å²) in [6.07, 6.45) is 8.88. The van der Waals surface area contributed by atoms with Crippen LogP contribution in [0.4, 0.5) is 4.39 Å². The molecule has 1 aromatic carbocycles. The first-order valence-electron chi connectivity index (χ1n) is 13.4. The van der Waals surface area contributed by atoms with E-state index < -0.39 is 0 Å². The minimum absolute atomic E-state index is 0.254. The molecule has 6 aromatic rings. The molecule has 0 aliphatic carbocycles. The molecule has 5 aromatic heterocycles. The number of carbonyl (C=O) groups is 1. The van der Waals surface area contributed by atoms with Gasteiger partial charge in [-0.1, -0.05) is 12.1 Å². The number of imidazole rings is 1. The normalized spacial score (nSPS) is 14.1. The molecule has 1 saturated heterocycles. The Kier molecular flexibility index (Phi) is 6.40. The summed E-state index contributed by atoms with van der Waals surface area (Å²) in [6.45, 7) is 1.86. The lowest BCUT2D eigenvalue weighted by molar-refractivity contribution is -0.135. The van der Waals surface area contributed by atoms with Crippen molar-refractivity contribution in [2.24, 2.45) is 5.92 Å². The van der Waals surface area contributed by atoms with Gasteiger partial charge in [-0.15, -0.1) is 0 Å². The van der Waals surface area contributed by atoms with E-state index in [2.05, 4.69) is 35.5 Å². The first-order valence-corrected chi connectivity index (χ1v) is 13.4. The maximum atomic E-state index is 14.6. The highest BCUT2D eigenvalue weighted by Crippen LogP contribution is 2.33. The predicted molar refractivity (Wildman–Crippen MR) is 151 cm³/mol. The number of hydrogen-bond acceptors (Lipinski definition) is 8. The number of carbonyl (C=O) groups excluding carboxylic acids is 1. The summed E-state index contributed by atoms with van der Waals surface area (Å²) < 4.78 is 20.2. The van der Waals surface area contributed by atoms with Crippen molar-refractivity contribution < 1.29 is 13.9 Å². The first kappa shape index (κ1) is 25.0. The highest BCUT2D eigenvalue weighted by molar-refractivity contribution is 5.96. The lowest BCUT2D eigenvalue weighted by Gasteiger charge is -2.21. The summed E-state index contributed by atoms with van der Waals surface area (Å²) in [4.78, 5) is 33.8. The largest absolute Gasteiger partial charge is 0.425 e. The van der Waals surface area contributed by atoms with E-state index in [1.807, 2.05) is 6.07 Å². The van der Waals surface area contributed by atoms with Crippen LogP contribution in [0.5, 0.6) is 5.75 Å². The lowest BCUT2D eigenvalue weighted by atomic mass is 9.95. The third kappa shape index (κ3) is 4.91. The van der Waals surface area contributed by atoms with Crippen LogP contribution in [0.3, 0.4) is 0 Å². The average Bonchev–Trinajstić information content (AvgIpc) is 3.62. The highest BCUT2D eigenvalue weighted by atomic mass is 19.1. The molecule has 7 rings (SSSR count). The Morgan fingerprint density at radius 2 is 1.88 bits per heavy atom. The van der Waals surface area contributed by atoms with E-state index in [0.717, 1.165) is 42.4 Å². The molecule has 10 nitrogen and oxygen atoms in total. The fraction of sp³-hybridized carbons (Fsp3) is 0.200. The summed E-state index contributed by atoms with van der Waals surface area (Å²) in [6, 6.07) is 12.0. The van der Waals surface area contributed by atoms with Crippen molar-refractivity contribution in [2.75, 3.05) is 13.1 Å². The van der Waals surface area contributed by atoms with Gasteiger partial charge in [-0.05, 0) is 62.2 Å². The molecule has 0 radical (unpaired) electrons. The zero-order valence-corrected chi connectivity index (χ0v) is 21.9. The number of piperidine rings is 1. The van der Waals surface area contributed by atoms with E-state index in [-0.39, 0.29) is 11.8 Å². The number of esters is 1. The second-order valence-corrected chi connectivity index (χ2v) is 10.1. The highest BCUT2D eigenvalue weighted by Gasteiger charge is 2.20. The molecular weight excluding hydrogens is 523 g/mol. The number of ether oxygens (including phenoxy) is 1. The summed E-state index contributed by atoms with van der Waals surface area (Å²) in [5.74, 6) is 0.620. The fourth-order valence-electron chi connectivity index (χ4n) is 5.27. The minimum Gasteiger partial charge on any atom is -0.425 e. The van der Waals surface area contributed by atoms with Crippen molar-refractivity contribution in [3.05, 3.63) is 73.1 Å². The van der Waals surface area contributed by atoms with Crippen LogP contribution in [-0.4, -0.2) is 54.2 Å². The monoisotopic (exact) mass is 548 g/mol. The van der Waals surface area contributed by atoms with E-state index in [1.54, 1.807) is 48.9 Å². The number of halogens is 1. The number of pyridine rings is 3. The van der Waals surface area contributed by atoms with Gasteiger partial charge in [0.15, 0.2) is 11.5 Å². The summed E-state index contributed by atoms with van der Waals surface area (Å²) >= 11 is 0. The molecule has 0 amide bonds. The molecule has 41 heavy (non-hydrogen) atoms. The summed E-state index contributed by atoms with van der Waals surface area (Å²) in [5, 5.41) is 11.4. The van der Waals surface area contributed by atoms with Gasteiger partial charge >= 0.3 is 5.97 Å². The van der Waals surface area contributed by atoms with Crippen molar-refractivity contribution in [1.29, 1.82) is 0 Å². The maximum absolute atomic E-state index is 14.6. The van der Waals surface area contributed by atoms with Gasteiger partial charge in [-0.2, -0.15) is 5.10 Å². The number of benzene rings is 1. The number of aromatic amines is 2. The summed E-state index contributed by atoms with van der Waals surface area (Å²) in [5.41, 5.74) is 4.73. The molecule has 1 fully saturated rings. The van der Waals surface area contributed by atoms with Gasteiger partial charge in [0.2, 0.25) is 0 Å². The van der Waals surface area contributed by atoms with Gasteiger partial charge in [0.05, 0.1) is 17.1 Å². The molecule has 11 heteroatoms. The fourth-order valence-corrected chi connectivity index (χ4v) is 5.27. The van der Waals surface area contributed by atoms with Gasteiger partial charge in [0.1, 0.15) is 28.5 Å². The smallest absolute Gasteiger partial charge is 0.311 e. The summed E-state index contributed by atoms with van der Waals surface area (Å²) in [7, 11) is 0. The van der Waals surface area contributed by atoms with Crippen LogP contribution in [0.2, 0.25) is 0 Å². The van der Waals surface area contributed by atoms with E-state index >= 15 is 0 Å². The lowest BCUT2D eigenvalue weighted by Crippen LogP contribution is -2.29. The average molecular weight is 549 g/mol. The Hall–Kier alpha value is -5.03. The Balaban J connectivity index is 1.20. The molecular formula is C30H25FN8O2. The van der Waals surface area contributed by atoms with Crippen molar-refractivity contribution >= 4 is 28.0 Å². The molecule has 204 valence electrons. The zero-order valence-electron chi connectivity index (χ0n) is 21.9. The molecule has 3 N–H and O–H groups in total. The predicted octanol–water partition coefficient (Wildman–Crippen LogP) is 5.06. The molecule has 1 aliphatic rings. The third-order valence-corrected chi connectivity index (χ3v) is 7.37. The minimum atomic E-state index is -0.370. The van der Waals surface area contributed by atoms with Crippen LogP contribution in [0, 0.1) is 11.7 Å². The van der Waals surface area contributed by atoms with Gasteiger partial charge < -0.3 is 15.0 Å². The number of hydrogen-bond donors (Lipinski definition) is 3. The van der Waals surface area contributed by atoms with Crippen molar-refractivity contribution in [3.8, 4) is 39.7 Å². The zero-order chi connectivity index (χ0) is 27.8. The van der Waals surface area contributed by atoms with Crippen LogP contribution in [-0.2, 0) is 4.79 Å². The molecule has 1 aliphatic heterocycles. The standard InChI is InChI=1S/C30H25FN8O2/c31-23-4-2-1-3-21(23)26-28-24(7-10-34-26)36-30(37-28)27-22-13-19(15-35-29(22)39-38-27)18-12-20(16-33-14-18)41-25(40)11-17-5-8-32-9-6-17/h1-4,7,10,12-17,32H,5-6,8-9,11H2,(H,36,37)(H,35,38,39). The van der Waals surface area contributed by atoms with Crippen molar-refractivity contribution in [1.82, 2.24) is 40.4 Å². The number of nitrogens with one attached hydrogen (secondary N) is 3. The maximum Gasteiger partial charge on any atom is 0.311 e. The SMILES string of the molecule is O=C(CC1CCNCC1)Oc1cncc(-c2cnc3n[nH]c(-c4nc5c(-c6ccccc6F)nccc5[nH]4)c3c2)c1. The number of fused-ring (bicyclic) bond motifs is 2. The van der Waals surface area contributed by atoms with E-state index in [4.69, 9.17) is 9.72 Å².